The summed E-state index contributed by atoms with van der Waals surface area (Å²) in [6, 6.07) is 4.20. The Morgan fingerprint density at radius 1 is 1.15 bits per heavy atom. The van der Waals surface area contributed by atoms with Crippen LogP contribution in [0.4, 0.5) is 13.2 Å². The summed E-state index contributed by atoms with van der Waals surface area (Å²) >= 11 is 0. The van der Waals surface area contributed by atoms with E-state index in [4.69, 9.17) is 0 Å². The van der Waals surface area contributed by atoms with Crippen LogP contribution < -0.4 is 0 Å². The van der Waals surface area contributed by atoms with Gasteiger partial charge in [-0.15, -0.1) is 0 Å². The predicted molar refractivity (Wildman–Crippen MR) is 67.6 cm³/mol. The highest BCUT2D eigenvalue weighted by atomic mass is 19.4. The van der Waals surface area contributed by atoms with Gasteiger partial charge >= 0.3 is 6.18 Å². The van der Waals surface area contributed by atoms with Crippen molar-refractivity contribution >= 4 is 5.78 Å². The highest BCUT2D eigenvalue weighted by Crippen LogP contribution is 2.29. The van der Waals surface area contributed by atoms with Gasteiger partial charge in [-0.05, 0) is 26.0 Å². The van der Waals surface area contributed by atoms with Gasteiger partial charge in [0.05, 0.1) is 16.8 Å². The zero-order valence-electron chi connectivity index (χ0n) is 11.2. The first kappa shape index (κ1) is 14.3. The van der Waals surface area contributed by atoms with Crippen LogP contribution in [0.25, 0.3) is 0 Å². The number of carbonyl (C=O) groups is 1. The van der Waals surface area contributed by atoms with Gasteiger partial charge in [-0.3, -0.25) is 9.48 Å². The van der Waals surface area contributed by atoms with Crippen molar-refractivity contribution in [2.24, 2.45) is 7.05 Å². The van der Waals surface area contributed by atoms with Gasteiger partial charge in [0.15, 0.2) is 5.78 Å². The summed E-state index contributed by atoms with van der Waals surface area (Å²) in [5.74, 6) is -0.318. The van der Waals surface area contributed by atoms with Gasteiger partial charge in [-0.1, -0.05) is 12.1 Å². The maximum Gasteiger partial charge on any atom is 0.416 e. The summed E-state index contributed by atoms with van der Waals surface area (Å²) in [6.45, 7) is 3.45. The number of carbonyl (C=O) groups excluding carboxylic acids is 1. The minimum atomic E-state index is -4.40. The molecule has 0 spiro atoms. The molecule has 0 N–H and O–H groups in total. The first-order chi connectivity index (χ1) is 9.21. The molecule has 0 aliphatic heterocycles. The molecule has 0 aliphatic rings. The molecule has 1 aromatic heterocycles. The molecule has 0 saturated heterocycles. The number of hydrogen-bond acceptors (Lipinski definition) is 2. The fourth-order valence-electron chi connectivity index (χ4n) is 2.06. The zero-order chi connectivity index (χ0) is 15.1. The third-order valence-electron chi connectivity index (χ3n) is 3.21. The Balaban J connectivity index is 2.39. The Bertz CT molecular complexity index is 654. The molecule has 106 valence electrons. The lowest BCUT2D eigenvalue weighted by Gasteiger charge is -2.07. The Hall–Kier alpha value is -2.11. The highest BCUT2D eigenvalue weighted by molar-refractivity contribution is 6.10. The number of aryl methyl sites for hydroxylation is 2. The summed E-state index contributed by atoms with van der Waals surface area (Å²) in [5, 5.41) is 4.13. The Kier molecular flexibility index (Phi) is 3.41. The van der Waals surface area contributed by atoms with Gasteiger partial charge in [0.25, 0.3) is 0 Å². The van der Waals surface area contributed by atoms with Crippen LogP contribution in [0.15, 0.2) is 24.3 Å². The fourth-order valence-corrected chi connectivity index (χ4v) is 2.06. The standard InChI is InChI=1S/C14H13F3N2O/c1-8-12(9(2)19(3)18-8)13(20)10-4-6-11(7-5-10)14(15,16)17/h4-7H,1-3H3. The molecule has 20 heavy (non-hydrogen) atoms. The summed E-state index contributed by atoms with van der Waals surface area (Å²) in [4.78, 5) is 12.3. The van der Waals surface area contributed by atoms with E-state index in [0.29, 0.717) is 17.0 Å². The van der Waals surface area contributed by atoms with Crippen molar-refractivity contribution in [3.8, 4) is 0 Å². The largest absolute Gasteiger partial charge is 0.416 e. The topological polar surface area (TPSA) is 34.9 Å². The Labute approximate surface area is 114 Å². The lowest BCUT2D eigenvalue weighted by Crippen LogP contribution is -2.08. The molecule has 0 aliphatic carbocycles. The van der Waals surface area contributed by atoms with Crippen molar-refractivity contribution in [2.45, 2.75) is 20.0 Å². The number of rotatable bonds is 2. The van der Waals surface area contributed by atoms with E-state index in [1.54, 1.807) is 25.6 Å². The number of benzene rings is 1. The molecule has 0 unspecified atom stereocenters. The van der Waals surface area contributed by atoms with Crippen molar-refractivity contribution in [3.63, 3.8) is 0 Å². The van der Waals surface area contributed by atoms with Crippen LogP contribution in [0.5, 0.6) is 0 Å². The minimum absolute atomic E-state index is 0.220. The van der Waals surface area contributed by atoms with E-state index >= 15 is 0 Å². The van der Waals surface area contributed by atoms with Crippen molar-refractivity contribution in [2.75, 3.05) is 0 Å². The second kappa shape index (κ2) is 4.77. The SMILES string of the molecule is Cc1nn(C)c(C)c1C(=O)c1ccc(C(F)(F)F)cc1. The molecule has 0 fully saturated rings. The second-order valence-electron chi connectivity index (χ2n) is 4.57. The van der Waals surface area contributed by atoms with Gasteiger partial charge in [0.2, 0.25) is 0 Å². The molecular formula is C14H13F3N2O. The van der Waals surface area contributed by atoms with Crippen LogP contribution in [0, 0.1) is 13.8 Å². The molecule has 0 bridgehead atoms. The number of hydrogen-bond donors (Lipinski definition) is 0. The molecule has 0 radical (unpaired) electrons. The normalized spacial score (nSPS) is 11.7. The summed E-state index contributed by atoms with van der Waals surface area (Å²) < 4.78 is 39.0. The third kappa shape index (κ3) is 2.45. The first-order valence-electron chi connectivity index (χ1n) is 5.94. The van der Waals surface area contributed by atoms with Crippen molar-refractivity contribution in [1.82, 2.24) is 9.78 Å². The predicted octanol–water partition coefficient (Wildman–Crippen LogP) is 3.29. The summed E-state index contributed by atoms with van der Waals surface area (Å²) in [7, 11) is 1.71. The summed E-state index contributed by atoms with van der Waals surface area (Å²) in [6.07, 6.45) is -4.40. The average molecular weight is 282 g/mol. The van der Waals surface area contributed by atoms with E-state index in [1.807, 2.05) is 0 Å². The number of nitrogens with zero attached hydrogens (tertiary/aromatic N) is 2. The molecule has 0 atom stereocenters. The lowest BCUT2D eigenvalue weighted by atomic mass is 10.0. The molecule has 1 aromatic carbocycles. The zero-order valence-corrected chi connectivity index (χ0v) is 11.2. The molecule has 0 amide bonds. The van der Waals surface area contributed by atoms with E-state index in [9.17, 15) is 18.0 Å². The van der Waals surface area contributed by atoms with Crippen LogP contribution in [0.1, 0.15) is 32.9 Å². The fraction of sp³-hybridized carbons (Fsp3) is 0.286. The monoisotopic (exact) mass is 282 g/mol. The first-order valence-corrected chi connectivity index (χ1v) is 5.94. The number of halogens is 3. The van der Waals surface area contributed by atoms with E-state index in [1.165, 1.54) is 12.1 Å². The van der Waals surface area contributed by atoms with E-state index < -0.39 is 11.7 Å². The van der Waals surface area contributed by atoms with E-state index in [0.717, 1.165) is 12.1 Å². The number of alkyl halides is 3. The number of aromatic nitrogens is 2. The number of ketones is 1. The van der Waals surface area contributed by atoms with Crippen molar-refractivity contribution in [3.05, 3.63) is 52.3 Å². The van der Waals surface area contributed by atoms with Crippen LogP contribution in [-0.4, -0.2) is 15.6 Å². The van der Waals surface area contributed by atoms with Gasteiger partial charge in [-0.25, -0.2) is 0 Å². The molecule has 6 heteroatoms. The third-order valence-corrected chi connectivity index (χ3v) is 3.21. The van der Waals surface area contributed by atoms with Crippen LogP contribution in [0.3, 0.4) is 0 Å². The molecule has 2 rings (SSSR count). The Morgan fingerprint density at radius 2 is 1.70 bits per heavy atom. The maximum atomic E-state index is 12.5. The minimum Gasteiger partial charge on any atom is -0.288 e. The molecular weight excluding hydrogens is 269 g/mol. The molecule has 3 nitrogen and oxygen atoms in total. The van der Waals surface area contributed by atoms with Gasteiger partial charge in [-0.2, -0.15) is 18.3 Å². The molecule has 0 saturated carbocycles. The lowest BCUT2D eigenvalue weighted by molar-refractivity contribution is -0.137. The maximum absolute atomic E-state index is 12.5. The van der Waals surface area contributed by atoms with Crippen LogP contribution in [0.2, 0.25) is 0 Å². The summed E-state index contributed by atoms with van der Waals surface area (Å²) in [5.41, 5.74) is 1.14. The van der Waals surface area contributed by atoms with Gasteiger partial charge < -0.3 is 0 Å². The molecule has 1 heterocycles. The smallest absolute Gasteiger partial charge is 0.288 e. The van der Waals surface area contributed by atoms with Crippen LogP contribution >= 0.6 is 0 Å². The van der Waals surface area contributed by atoms with E-state index in [-0.39, 0.29) is 11.3 Å². The van der Waals surface area contributed by atoms with Gasteiger partial charge in [0, 0.05) is 18.3 Å². The second-order valence-corrected chi connectivity index (χ2v) is 4.57. The molecule has 2 aromatic rings. The highest BCUT2D eigenvalue weighted by Gasteiger charge is 2.30. The average Bonchev–Trinajstić information content (AvgIpc) is 2.62. The Morgan fingerprint density at radius 3 is 2.10 bits per heavy atom. The van der Waals surface area contributed by atoms with Crippen LogP contribution in [-0.2, 0) is 13.2 Å². The van der Waals surface area contributed by atoms with Crippen molar-refractivity contribution < 1.29 is 18.0 Å². The van der Waals surface area contributed by atoms with Crippen molar-refractivity contribution in [1.29, 1.82) is 0 Å². The van der Waals surface area contributed by atoms with E-state index in [2.05, 4.69) is 5.10 Å². The quantitative estimate of drug-likeness (QED) is 0.792. The van der Waals surface area contributed by atoms with Gasteiger partial charge in [0.1, 0.15) is 0 Å².